The summed E-state index contributed by atoms with van der Waals surface area (Å²) in [4.78, 5) is 11.4. The standard InChI is InChI=1S/C17H26O/c1-16(2,3)10-13-8-7-9-14(15(13)12-18)11-17(4,5)6/h7-9,12H,10-11H2,1-6H3. The van der Waals surface area contributed by atoms with Crippen LogP contribution in [0.1, 0.15) is 63.0 Å². The van der Waals surface area contributed by atoms with E-state index in [0.29, 0.717) is 0 Å². The van der Waals surface area contributed by atoms with E-state index >= 15 is 0 Å². The summed E-state index contributed by atoms with van der Waals surface area (Å²) in [7, 11) is 0. The molecule has 0 saturated carbocycles. The lowest BCUT2D eigenvalue weighted by Gasteiger charge is -2.23. The molecule has 0 amide bonds. The van der Waals surface area contributed by atoms with Gasteiger partial charge in [-0.05, 0) is 34.8 Å². The molecule has 1 nitrogen and oxygen atoms in total. The molecular formula is C17H26O. The van der Waals surface area contributed by atoms with Crippen molar-refractivity contribution in [3.8, 4) is 0 Å². The first-order valence-corrected chi connectivity index (χ1v) is 6.68. The fourth-order valence-electron chi connectivity index (χ4n) is 2.27. The van der Waals surface area contributed by atoms with E-state index in [-0.39, 0.29) is 10.8 Å². The second-order valence-electron chi connectivity index (χ2n) is 7.58. The van der Waals surface area contributed by atoms with Gasteiger partial charge in [0.25, 0.3) is 0 Å². The average Bonchev–Trinajstić information content (AvgIpc) is 2.12. The van der Waals surface area contributed by atoms with Gasteiger partial charge in [-0.2, -0.15) is 0 Å². The molecule has 100 valence electrons. The summed E-state index contributed by atoms with van der Waals surface area (Å²) in [6, 6.07) is 6.25. The Bertz CT molecular complexity index is 382. The van der Waals surface area contributed by atoms with Crippen molar-refractivity contribution in [1.82, 2.24) is 0 Å². The Morgan fingerprint density at radius 2 is 1.28 bits per heavy atom. The Morgan fingerprint density at radius 3 is 1.56 bits per heavy atom. The summed E-state index contributed by atoms with van der Waals surface area (Å²) in [5, 5.41) is 0. The van der Waals surface area contributed by atoms with Crippen LogP contribution >= 0.6 is 0 Å². The second-order valence-corrected chi connectivity index (χ2v) is 7.58. The minimum atomic E-state index is 0.206. The average molecular weight is 246 g/mol. The smallest absolute Gasteiger partial charge is 0.150 e. The van der Waals surface area contributed by atoms with Crippen molar-refractivity contribution >= 4 is 6.29 Å². The van der Waals surface area contributed by atoms with Crippen LogP contribution in [0.2, 0.25) is 0 Å². The molecule has 0 fully saturated rings. The maximum Gasteiger partial charge on any atom is 0.150 e. The van der Waals surface area contributed by atoms with Gasteiger partial charge in [0.15, 0.2) is 6.29 Å². The molecule has 0 unspecified atom stereocenters. The van der Waals surface area contributed by atoms with Gasteiger partial charge in [0.1, 0.15) is 0 Å². The van der Waals surface area contributed by atoms with Crippen molar-refractivity contribution in [2.24, 2.45) is 10.8 Å². The SMILES string of the molecule is CC(C)(C)Cc1cccc(CC(C)(C)C)c1C=O. The van der Waals surface area contributed by atoms with Crippen LogP contribution in [0.4, 0.5) is 0 Å². The van der Waals surface area contributed by atoms with Crippen molar-refractivity contribution in [2.75, 3.05) is 0 Å². The molecule has 0 aromatic heterocycles. The van der Waals surface area contributed by atoms with Gasteiger partial charge in [0.2, 0.25) is 0 Å². The quantitative estimate of drug-likeness (QED) is 0.708. The van der Waals surface area contributed by atoms with Gasteiger partial charge in [0.05, 0.1) is 0 Å². The molecule has 0 N–H and O–H groups in total. The van der Waals surface area contributed by atoms with Crippen LogP contribution in [0.25, 0.3) is 0 Å². The number of aldehydes is 1. The molecule has 0 radical (unpaired) electrons. The van der Waals surface area contributed by atoms with E-state index < -0.39 is 0 Å². The highest BCUT2D eigenvalue weighted by molar-refractivity contribution is 5.79. The molecule has 0 atom stereocenters. The molecule has 1 heteroatoms. The Morgan fingerprint density at radius 1 is 0.889 bits per heavy atom. The molecule has 1 aromatic carbocycles. The van der Waals surface area contributed by atoms with Gasteiger partial charge in [-0.1, -0.05) is 59.7 Å². The highest BCUT2D eigenvalue weighted by atomic mass is 16.1. The Labute approximate surface area is 112 Å². The van der Waals surface area contributed by atoms with Gasteiger partial charge >= 0.3 is 0 Å². The minimum Gasteiger partial charge on any atom is -0.298 e. The molecule has 0 aliphatic heterocycles. The highest BCUT2D eigenvalue weighted by Gasteiger charge is 2.18. The predicted octanol–water partition coefficient (Wildman–Crippen LogP) is 4.68. The Kier molecular flexibility index (Phi) is 4.37. The zero-order valence-electron chi connectivity index (χ0n) is 12.6. The van der Waals surface area contributed by atoms with E-state index in [0.717, 1.165) is 24.7 Å². The van der Waals surface area contributed by atoms with E-state index in [1.54, 1.807) is 0 Å². The zero-order valence-corrected chi connectivity index (χ0v) is 12.6. The normalized spacial score (nSPS) is 12.6. The van der Waals surface area contributed by atoms with E-state index in [9.17, 15) is 4.79 Å². The summed E-state index contributed by atoms with van der Waals surface area (Å²) in [5.41, 5.74) is 3.68. The zero-order chi connectivity index (χ0) is 14.0. The van der Waals surface area contributed by atoms with E-state index in [2.05, 4.69) is 59.7 Å². The molecule has 1 rings (SSSR count). The Balaban J connectivity index is 3.14. The van der Waals surface area contributed by atoms with Crippen LogP contribution in [0, 0.1) is 10.8 Å². The molecule has 0 heterocycles. The van der Waals surface area contributed by atoms with Crippen molar-refractivity contribution in [2.45, 2.75) is 54.4 Å². The van der Waals surface area contributed by atoms with Crippen LogP contribution in [-0.4, -0.2) is 6.29 Å². The fourth-order valence-corrected chi connectivity index (χ4v) is 2.27. The van der Waals surface area contributed by atoms with Gasteiger partial charge in [0, 0.05) is 5.56 Å². The fraction of sp³-hybridized carbons (Fsp3) is 0.588. The van der Waals surface area contributed by atoms with Gasteiger partial charge < -0.3 is 0 Å². The lowest BCUT2D eigenvalue weighted by molar-refractivity contribution is 0.112. The molecule has 0 saturated heterocycles. The number of carbonyl (C=O) groups is 1. The lowest BCUT2D eigenvalue weighted by atomic mass is 9.82. The second kappa shape index (κ2) is 5.26. The largest absolute Gasteiger partial charge is 0.298 e. The maximum atomic E-state index is 11.4. The number of carbonyl (C=O) groups excluding carboxylic acids is 1. The third-order valence-corrected chi connectivity index (χ3v) is 2.85. The number of hydrogen-bond acceptors (Lipinski definition) is 1. The Hall–Kier alpha value is -1.11. The van der Waals surface area contributed by atoms with Crippen LogP contribution in [0.5, 0.6) is 0 Å². The third-order valence-electron chi connectivity index (χ3n) is 2.85. The summed E-state index contributed by atoms with van der Waals surface area (Å²) in [6.45, 7) is 13.2. The van der Waals surface area contributed by atoms with Crippen molar-refractivity contribution in [3.05, 3.63) is 34.9 Å². The summed E-state index contributed by atoms with van der Waals surface area (Å²) >= 11 is 0. The molecule has 0 aliphatic carbocycles. The summed E-state index contributed by atoms with van der Waals surface area (Å²) < 4.78 is 0. The monoisotopic (exact) mass is 246 g/mol. The highest BCUT2D eigenvalue weighted by Crippen LogP contribution is 2.27. The number of benzene rings is 1. The first-order valence-electron chi connectivity index (χ1n) is 6.68. The van der Waals surface area contributed by atoms with E-state index in [4.69, 9.17) is 0 Å². The number of rotatable bonds is 3. The van der Waals surface area contributed by atoms with Gasteiger partial charge in [-0.25, -0.2) is 0 Å². The van der Waals surface area contributed by atoms with Crippen LogP contribution < -0.4 is 0 Å². The predicted molar refractivity (Wildman–Crippen MR) is 78.1 cm³/mol. The number of hydrogen-bond donors (Lipinski definition) is 0. The molecule has 18 heavy (non-hydrogen) atoms. The molecule has 0 spiro atoms. The van der Waals surface area contributed by atoms with E-state index in [1.165, 1.54) is 11.1 Å². The maximum absolute atomic E-state index is 11.4. The van der Waals surface area contributed by atoms with Crippen molar-refractivity contribution < 1.29 is 4.79 Å². The first-order chi connectivity index (χ1) is 8.12. The lowest BCUT2D eigenvalue weighted by Crippen LogP contribution is -2.15. The van der Waals surface area contributed by atoms with Gasteiger partial charge in [-0.15, -0.1) is 0 Å². The molecule has 1 aromatic rings. The van der Waals surface area contributed by atoms with Crippen LogP contribution in [0.15, 0.2) is 18.2 Å². The topological polar surface area (TPSA) is 17.1 Å². The molecular weight excluding hydrogens is 220 g/mol. The summed E-state index contributed by atoms with van der Waals surface area (Å²) in [6.07, 6.45) is 2.92. The van der Waals surface area contributed by atoms with Crippen LogP contribution in [0.3, 0.4) is 0 Å². The van der Waals surface area contributed by atoms with Crippen molar-refractivity contribution in [1.29, 1.82) is 0 Å². The first kappa shape index (κ1) is 14.9. The van der Waals surface area contributed by atoms with Gasteiger partial charge in [-0.3, -0.25) is 4.79 Å². The van der Waals surface area contributed by atoms with Crippen molar-refractivity contribution in [3.63, 3.8) is 0 Å². The molecule has 0 aliphatic rings. The van der Waals surface area contributed by atoms with E-state index in [1.807, 2.05) is 0 Å². The summed E-state index contributed by atoms with van der Waals surface area (Å²) in [5.74, 6) is 0. The van der Waals surface area contributed by atoms with Crippen LogP contribution in [-0.2, 0) is 12.8 Å². The minimum absolute atomic E-state index is 0.206. The third kappa shape index (κ3) is 4.64. The molecule has 0 bridgehead atoms.